The lowest BCUT2D eigenvalue weighted by molar-refractivity contribution is 0.669. The SMILES string of the molecule is c1ccc2c(c1)-c1ccccc1C21c2ccccc2-c2cc(N(c3cccc4c3-c3ccccc3C43c4ccccc4-c4ccccc43)c3cc4ccccc4c4c3oc3ccccc34)ccc21. The van der Waals surface area contributed by atoms with Crippen LogP contribution in [-0.4, -0.2) is 0 Å². The second kappa shape index (κ2) is 13.0. The van der Waals surface area contributed by atoms with E-state index < -0.39 is 10.8 Å². The zero-order chi connectivity index (χ0) is 44.3. The lowest BCUT2D eigenvalue weighted by atomic mass is 9.70. The van der Waals surface area contributed by atoms with Crippen molar-refractivity contribution in [3.05, 3.63) is 281 Å². The summed E-state index contributed by atoms with van der Waals surface area (Å²) < 4.78 is 7.15. The summed E-state index contributed by atoms with van der Waals surface area (Å²) in [5, 5.41) is 4.60. The summed E-state index contributed by atoms with van der Waals surface area (Å²) in [6, 6.07) is 88.6. The number of rotatable bonds is 3. The van der Waals surface area contributed by atoms with Gasteiger partial charge in [0.05, 0.1) is 22.2 Å². The molecule has 2 nitrogen and oxygen atoms in total. The number of furan rings is 1. The summed E-state index contributed by atoms with van der Waals surface area (Å²) >= 11 is 0. The molecule has 0 fully saturated rings. The van der Waals surface area contributed by atoms with Crippen LogP contribution in [0.25, 0.3) is 77.2 Å². The van der Waals surface area contributed by atoms with E-state index in [1.165, 1.54) is 99.8 Å². The fraction of sp³-hybridized carbons (Fsp3) is 0.0303. The van der Waals surface area contributed by atoms with Gasteiger partial charge in [0, 0.05) is 22.0 Å². The van der Waals surface area contributed by atoms with Gasteiger partial charge in [0.15, 0.2) is 5.58 Å². The number of fused-ring (bicyclic) bond motifs is 25. The van der Waals surface area contributed by atoms with E-state index in [4.69, 9.17) is 4.42 Å². The number of nitrogens with zero attached hydrogens (tertiary/aromatic N) is 1. The Hall–Kier alpha value is -8.72. The van der Waals surface area contributed by atoms with Gasteiger partial charge >= 0.3 is 0 Å². The highest BCUT2D eigenvalue weighted by Gasteiger charge is 2.54. The monoisotopic (exact) mass is 861 g/mol. The maximum Gasteiger partial charge on any atom is 0.160 e. The molecule has 0 aliphatic heterocycles. The van der Waals surface area contributed by atoms with E-state index in [9.17, 15) is 0 Å². The van der Waals surface area contributed by atoms with Crippen LogP contribution < -0.4 is 4.90 Å². The van der Waals surface area contributed by atoms with Gasteiger partial charge < -0.3 is 9.32 Å². The van der Waals surface area contributed by atoms with Crippen LogP contribution in [0.4, 0.5) is 17.1 Å². The van der Waals surface area contributed by atoms with Crippen LogP contribution >= 0.6 is 0 Å². The first-order chi connectivity index (χ1) is 33.8. The molecule has 314 valence electrons. The van der Waals surface area contributed by atoms with Gasteiger partial charge in [-0.1, -0.05) is 206 Å². The van der Waals surface area contributed by atoms with Crippen LogP contribution in [0.15, 0.2) is 241 Å². The molecule has 0 saturated carbocycles. The van der Waals surface area contributed by atoms with Crippen molar-refractivity contribution in [1.29, 1.82) is 0 Å². The maximum atomic E-state index is 7.15. The van der Waals surface area contributed by atoms with Crippen molar-refractivity contribution in [2.75, 3.05) is 4.90 Å². The molecule has 16 rings (SSSR count). The smallest absolute Gasteiger partial charge is 0.160 e. The molecule has 0 unspecified atom stereocenters. The third kappa shape index (κ3) is 4.26. The third-order valence-corrected chi connectivity index (χ3v) is 16.1. The fourth-order valence-corrected chi connectivity index (χ4v) is 13.7. The first kappa shape index (κ1) is 36.5. The van der Waals surface area contributed by atoms with E-state index in [0.29, 0.717) is 0 Å². The van der Waals surface area contributed by atoms with E-state index >= 15 is 0 Å². The Labute approximate surface area is 393 Å². The number of benzene rings is 11. The summed E-state index contributed by atoms with van der Waals surface area (Å²) in [6.07, 6.45) is 0. The Balaban J connectivity index is 1.04. The van der Waals surface area contributed by atoms with E-state index in [2.05, 4.69) is 241 Å². The number of para-hydroxylation sites is 1. The molecule has 1 aromatic heterocycles. The molecule has 4 aliphatic rings. The highest BCUT2D eigenvalue weighted by Crippen LogP contribution is 2.66. The summed E-state index contributed by atoms with van der Waals surface area (Å²) in [4.78, 5) is 2.53. The molecule has 0 bridgehead atoms. The molecule has 0 radical (unpaired) electrons. The predicted octanol–water partition coefficient (Wildman–Crippen LogP) is 16.9. The molecule has 0 saturated heterocycles. The Morgan fingerprint density at radius 1 is 0.309 bits per heavy atom. The molecular formula is C66H39NO. The van der Waals surface area contributed by atoms with Crippen molar-refractivity contribution in [2.24, 2.45) is 0 Å². The van der Waals surface area contributed by atoms with E-state index in [0.717, 1.165) is 39.0 Å². The molecule has 0 atom stereocenters. The topological polar surface area (TPSA) is 16.4 Å². The van der Waals surface area contributed by atoms with Crippen molar-refractivity contribution >= 4 is 49.8 Å². The molecule has 2 heteroatoms. The minimum absolute atomic E-state index is 0.444. The predicted molar refractivity (Wildman–Crippen MR) is 279 cm³/mol. The molecular weight excluding hydrogens is 823 g/mol. The summed E-state index contributed by atoms with van der Waals surface area (Å²) in [5.41, 5.74) is 24.8. The first-order valence-electron chi connectivity index (χ1n) is 23.8. The summed E-state index contributed by atoms with van der Waals surface area (Å²) in [6.45, 7) is 0. The summed E-state index contributed by atoms with van der Waals surface area (Å²) in [7, 11) is 0. The minimum Gasteiger partial charge on any atom is -0.454 e. The van der Waals surface area contributed by atoms with Gasteiger partial charge in [-0.05, 0) is 125 Å². The molecule has 0 amide bonds. The molecule has 1 heterocycles. The Morgan fingerprint density at radius 3 is 1.35 bits per heavy atom. The zero-order valence-corrected chi connectivity index (χ0v) is 36.9. The van der Waals surface area contributed by atoms with Crippen molar-refractivity contribution < 1.29 is 4.42 Å². The van der Waals surface area contributed by atoms with Crippen molar-refractivity contribution in [3.63, 3.8) is 0 Å². The van der Waals surface area contributed by atoms with Crippen LogP contribution in [0.5, 0.6) is 0 Å². The Morgan fingerprint density at radius 2 is 0.750 bits per heavy atom. The second-order valence-corrected chi connectivity index (χ2v) is 19.0. The summed E-state index contributed by atoms with van der Waals surface area (Å²) in [5.74, 6) is 0. The van der Waals surface area contributed by atoms with Crippen molar-refractivity contribution in [2.45, 2.75) is 10.8 Å². The fourth-order valence-electron chi connectivity index (χ4n) is 13.7. The van der Waals surface area contributed by atoms with Crippen molar-refractivity contribution in [1.82, 2.24) is 0 Å². The zero-order valence-electron chi connectivity index (χ0n) is 36.9. The number of hydrogen-bond donors (Lipinski definition) is 0. The molecule has 12 aromatic rings. The Bertz CT molecular complexity index is 4100. The maximum absolute atomic E-state index is 7.15. The molecule has 68 heavy (non-hydrogen) atoms. The standard InChI is InChI=1S/C66H39NO/c1-2-19-42-40(18-1)38-60(64-62(42)49-26-9-16-35-61(49)68-64)67(41-36-37-57-50(39-41)47-24-7-14-31-55(47)65(57)51-27-10-3-20-43(51)44-21-4-11-28-52(44)65)59-34-17-33-58-63(59)48-25-8-15-32-56(48)66(58)53-29-12-5-22-45(53)46-23-6-13-30-54(46)66/h1-39H. The molecule has 4 aliphatic carbocycles. The van der Waals surface area contributed by atoms with Gasteiger partial charge in [-0.2, -0.15) is 0 Å². The molecule has 2 spiro atoms. The van der Waals surface area contributed by atoms with Crippen LogP contribution in [-0.2, 0) is 10.8 Å². The van der Waals surface area contributed by atoms with E-state index in [-0.39, 0.29) is 0 Å². The average molecular weight is 862 g/mol. The lowest BCUT2D eigenvalue weighted by Crippen LogP contribution is -2.26. The van der Waals surface area contributed by atoms with Gasteiger partial charge in [-0.3, -0.25) is 0 Å². The number of hydrogen-bond acceptors (Lipinski definition) is 2. The quantitative estimate of drug-likeness (QED) is 0.176. The third-order valence-electron chi connectivity index (χ3n) is 16.1. The van der Waals surface area contributed by atoms with E-state index in [1.807, 2.05) is 0 Å². The lowest BCUT2D eigenvalue weighted by Gasteiger charge is -2.32. The van der Waals surface area contributed by atoms with Gasteiger partial charge in [0.1, 0.15) is 5.58 Å². The number of anilines is 3. The van der Waals surface area contributed by atoms with E-state index in [1.54, 1.807) is 0 Å². The van der Waals surface area contributed by atoms with Crippen molar-refractivity contribution in [3.8, 4) is 44.5 Å². The molecule has 11 aromatic carbocycles. The van der Waals surface area contributed by atoms with Crippen LogP contribution in [0.3, 0.4) is 0 Å². The minimum atomic E-state index is -0.495. The van der Waals surface area contributed by atoms with Gasteiger partial charge in [-0.25, -0.2) is 0 Å². The van der Waals surface area contributed by atoms with Crippen LogP contribution in [0.1, 0.15) is 44.5 Å². The van der Waals surface area contributed by atoms with Crippen LogP contribution in [0, 0.1) is 0 Å². The van der Waals surface area contributed by atoms with Gasteiger partial charge in [0.25, 0.3) is 0 Å². The van der Waals surface area contributed by atoms with Crippen LogP contribution in [0.2, 0.25) is 0 Å². The normalized spacial score (nSPS) is 14.4. The Kier molecular flexibility index (Phi) is 6.98. The highest BCUT2D eigenvalue weighted by atomic mass is 16.3. The first-order valence-corrected chi connectivity index (χ1v) is 23.8. The largest absolute Gasteiger partial charge is 0.454 e. The molecule has 0 N–H and O–H groups in total. The van der Waals surface area contributed by atoms with Gasteiger partial charge in [0.2, 0.25) is 0 Å². The second-order valence-electron chi connectivity index (χ2n) is 19.0. The highest BCUT2D eigenvalue weighted by molar-refractivity contribution is 6.23. The van der Waals surface area contributed by atoms with Gasteiger partial charge in [-0.15, -0.1) is 0 Å². The average Bonchev–Trinajstić information content (AvgIpc) is 4.18.